The maximum Gasteiger partial charge on any atom is 0.252 e. The third-order valence-electron chi connectivity index (χ3n) is 3.57. The molecule has 0 spiro atoms. The van der Waals surface area contributed by atoms with Gasteiger partial charge < -0.3 is 5.32 Å². The van der Waals surface area contributed by atoms with E-state index in [-0.39, 0.29) is 15.5 Å². The fourth-order valence-corrected chi connectivity index (χ4v) is 4.13. The lowest BCUT2D eigenvalue weighted by Gasteiger charge is -2.07. The van der Waals surface area contributed by atoms with Gasteiger partial charge in [0, 0.05) is 19.2 Å². The SMILES string of the molecule is CS(=O)(=O)c1ccc(Cl)c(C(=O)NCCc2nc3ccccc3s2)c1. The second-order valence-corrected chi connectivity index (χ2v) is 9.03. The minimum Gasteiger partial charge on any atom is -0.352 e. The van der Waals surface area contributed by atoms with Crippen molar-refractivity contribution in [2.75, 3.05) is 12.8 Å². The first-order valence-electron chi connectivity index (χ1n) is 7.47. The lowest BCUT2D eigenvalue weighted by atomic mass is 10.2. The van der Waals surface area contributed by atoms with Crippen LogP contribution in [-0.4, -0.2) is 32.1 Å². The van der Waals surface area contributed by atoms with Gasteiger partial charge in [-0.15, -0.1) is 11.3 Å². The van der Waals surface area contributed by atoms with Crippen molar-refractivity contribution in [3.63, 3.8) is 0 Å². The molecule has 3 aromatic rings. The number of carbonyl (C=O) groups excluding carboxylic acids is 1. The van der Waals surface area contributed by atoms with Crippen LogP contribution in [0.1, 0.15) is 15.4 Å². The number of sulfone groups is 1. The molecule has 3 rings (SSSR count). The Bertz CT molecular complexity index is 1010. The van der Waals surface area contributed by atoms with Crippen LogP contribution in [0.3, 0.4) is 0 Å². The first-order chi connectivity index (χ1) is 11.8. The summed E-state index contributed by atoms with van der Waals surface area (Å²) in [5.74, 6) is -0.406. The highest BCUT2D eigenvalue weighted by molar-refractivity contribution is 7.90. The van der Waals surface area contributed by atoms with Gasteiger partial charge in [0.25, 0.3) is 5.91 Å². The molecule has 0 atom stereocenters. The minimum atomic E-state index is -3.40. The van der Waals surface area contributed by atoms with Gasteiger partial charge in [0.15, 0.2) is 9.84 Å². The van der Waals surface area contributed by atoms with Crippen molar-refractivity contribution >= 4 is 48.9 Å². The number of aromatic nitrogens is 1. The quantitative estimate of drug-likeness (QED) is 0.720. The number of amides is 1. The highest BCUT2D eigenvalue weighted by atomic mass is 35.5. The number of thiazole rings is 1. The van der Waals surface area contributed by atoms with E-state index in [4.69, 9.17) is 11.6 Å². The average molecular weight is 395 g/mol. The molecule has 2 aromatic carbocycles. The molecule has 8 heteroatoms. The number of benzene rings is 2. The van der Waals surface area contributed by atoms with Crippen LogP contribution in [0.4, 0.5) is 0 Å². The molecule has 25 heavy (non-hydrogen) atoms. The second-order valence-electron chi connectivity index (χ2n) is 5.50. The lowest BCUT2D eigenvalue weighted by Crippen LogP contribution is -2.26. The van der Waals surface area contributed by atoms with E-state index < -0.39 is 15.7 Å². The summed E-state index contributed by atoms with van der Waals surface area (Å²) < 4.78 is 24.3. The normalized spacial score (nSPS) is 11.6. The van der Waals surface area contributed by atoms with Gasteiger partial charge in [-0.3, -0.25) is 4.79 Å². The minimum absolute atomic E-state index is 0.0632. The van der Waals surface area contributed by atoms with Crippen molar-refractivity contribution in [2.45, 2.75) is 11.3 Å². The second kappa shape index (κ2) is 7.11. The molecular weight excluding hydrogens is 380 g/mol. The summed E-state index contributed by atoms with van der Waals surface area (Å²) in [7, 11) is -3.40. The van der Waals surface area contributed by atoms with Crippen LogP contribution < -0.4 is 5.32 Å². The van der Waals surface area contributed by atoms with Gasteiger partial charge in [-0.1, -0.05) is 23.7 Å². The molecule has 1 aromatic heterocycles. The summed E-state index contributed by atoms with van der Waals surface area (Å²) in [6.07, 6.45) is 1.68. The first-order valence-corrected chi connectivity index (χ1v) is 10.6. The van der Waals surface area contributed by atoms with E-state index in [1.165, 1.54) is 18.2 Å². The van der Waals surface area contributed by atoms with Crippen molar-refractivity contribution in [2.24, 2.45) is 0 Å². The standard InChI is InChI=1S/C17H15ClN2O3S2/c1-25(22,23)11-6-7-13(18)12(10-11)17(21)19-9-8-16-20-14-4-2-3-5-15(14)24-16/h2-7,10H,8-9H2,1H3,(H,19,21). The van der Waals surface area contributed by atoms with E-state index in [9.17, 15) is 13.2 Å². The number of para-hydroxylation sites is 1. The number of nitrogens with one attached hydrogen (secondary N) is 1. The molecule has 0 unspecified atom stereocenters. The Hall–Kier alpha value is -1.96. The van der Waals surface area contributed by atoms with Gasteiger partial charge in [0.1, 0.15) is 0 Å². The summed E-state index contributed by atoms with van der Waals surface area (Å²) in [6, 6.07) is 11.9. The molecule has 0 aliphatic heterocycles. The maximum absolute atomic E-state index is 12.3. The summed E-state index contributed by atoms with van der Waals surface area (Å²) in [6.45, 7) is 0.387. The van der Waals surface area contributed by atoms with Gasteiger partial charge in [0.05, 0.1) is 30.7 Å². The Morgan fingerprint density at radius 2 is 2.00 bits per heavy atom. The van der Waals surface area contributed by atoms with Gasteiger partial charge in [-0.05, 0) is 30.3 Å². The predicted octanol–water partition coefficient (Wildman–Crippen LogP) is 3.33. The number of hydrogen-bond donors (Lipinski definition) is 1. The van der Waals surface area contributed by atoms with Crippen molar-refractivity contribution in [3.8, 4) is 0 Å². The molecule has 0 aliphatic rings. The Kier molecular flexibility index (Phi) is 5.08. The molecule has 0 saturated heterocycles. The smallest absolute Gasteiger partial charge is 0.252 e. The average Bonchev–Trinajstić information content (AvgIpc) is 2.96. The number of halogens is 1. The highest BCUT2D eigenvalue weighted by Gasteiger charge is 2.15. The third kappa shape index (κ3) is 4.18. The molecule has 0 fully saturated rings. The van der Waals surface area contributed by atoms with E-state index in [1.54, 1.807) is 11.3 Å². The van der Waals surface area contributed by atoms with E-state index >= 15 is 0 Å². The Balaban J connectivity index is 1.68. The molecule has 0 radical (unpaired) electrons. The van der Waals surface area contributed by atoms with Gasteiger partial charge in [-0.25, -0.2) is 13.4 Å². The van der Waals surface area contributed by atoms with E-state index in [0.29, 0.717) is 13.0 Å². The summed E-state index contributed by atoms with van der Waals surface area (Å²) >= 11 is 7.61. The summed E-state index contributed by atoms with van der Waals surface area (Å²) in [5.41, 5.74) is 1.09. The number of nitrogens with zero attached hydrogens (tertiary/aromatic N) is 1. The molecule has 1 heterocycles. The van der Waals surface area contributed by atoms with E-state index in [2.05, 4.69) is 10.3 Å². The van der Waals surface area contributed by atoms with Crippen LogP contribution in [0.5, 0.6) is 0 Å². The van der Waals surface area contributed by atoms with Crippen molar-refractivity contribution in [1.29, 1.82) is 0 Å². The summed E-state index contributed by atoms with van der Waals surface area (Å²) in [4.78, 5) is 16.9. The molecule has 130 valence electrons. The Morgan fingerprint density at radius 3 is 2.72 bits per heavy atom. The van der Waals surface area contributed by atoms with Gasteiger partial charge in [-0.2, -0.15) is 0 Å². The predicted molar refractivity (Wildman–Crippen MR) is 100 cm³/mol. The Morgan fingerprint density at radius 1 is 1.24 bits per heavy atom. The molecular formula is C17H15ClN2O3S2. The largest absolute Gasteiger partial charge is 0.352 e. The zero-order chi connectivity index (χ0) is 18.0. The van der Waals surface area contributed by atoms with Crippen LogP contribution in [0.2, 0.25) is 5.02 Å². The number of hydrogen-bond acceptors (Lipinski definition) is 5. The monoisotopic (exact) mass is 394 g/mol. The zero-order valence-corrected chi connectivity index (χ0v) is 15.7. The zero-order valence-electron chi connectivity index (χ0n) is 13.3. The fourth-order valence-electron chi connectivity index (χ4n) is 2.31. The van der Waals surface area contributed by atoms with Crippen molar-refractivity contribution in [3.05, 3.63) is 58.1 Å². The van der Waals surface area contributed by atoms with Crippen LogP contribution in [0.25, 0.3) is 10.2 Å². The molecule has 0 saturated carbocycles. The van der Waals surface area contributed by atoms with Gasteiger partial charge >= 0.3 is 0 Å². The number of carbonyl (C=O) groups is 1. The maximum atomic E-state index is 12.3. The molecule has 1 N–H and O–H groups in total. The topological polar surface area (TPSA) is 76.1 Å². The molecule has 5 nitrogen and oxygen atoms in total. The van der Waals surface area contributed by atoms with Crippen LogP contribution in [0, 0.1) is 0 Å². The lowest BCUT2D eigenvalue weighted by molar-refractivity contribution is 0.0954. The van der Waals surface area contributed by atoms with Crippen molar-refractivity contribution < 1.29 is 13.2 Å². The van der Waals surface area contributed by atoms with Crippen molar-refractivity contribution in [1.82, 2.24) is 10.3 Å². The van der Waals surface area contributed by atoms with Gasteiger partial charge in [0.2, 0.25) is 0 Å². The molecule has 0 aliphatic carbocycles. The van der Waals surface area contributed by atoms with Crippen LogP contribution in [0.15, 0.2) is 47.4 Å². The number of fused-ring (bicyclic) bond motifs is 1. The van der Waals surface area contributed by atoms with E-state index in [1.807, 2.05) is 24.3 Å². The molecule has 1 amide bonds. The first kappa shape index (κ1) is 17.8. The van der Waals surface area contributed by atoms with Crippen LogP contribution in [-0.2, 0) is 16.3 Å². The van der Waals surface area contributed by atoms with E-state index in [0.717, 1.165) is 21.5 Å². The third-order valence-corrected chi connectivity index (χ3v) is 6.11. The Labute approximate surface area is 154 Å². The summed E-state index contributed by atoms with van der Waals surface area (Å²) in [5, 5.41) is 3.90. The molecule has 0 bridgehead atoms. The highest BCUT2D eigenvalue weighted by Crippen LogP contribution is 2.22. The fraction of sp³-hybridized carbons (Fsp3) is 0.176. The van der Waals surface area contributed by atoms with Crippen LogP contribution >= 0.6 is 22.9 Å². The number of rotatable bonds is 5.